The molecule has 0 spiro atoms. The zero-order chi connectivity index (χ0) is 11.2. The molecule has 0 aliphatic heterocycles. The summed E-state index contributed by atoms with van der Waals surface area (Å²) in [5.41, 5.74) is 0. The zero-order valence-corrected chi connectivity index (χ0v) is 10.2. The molecule has 2 nitrogen and oxygen atoms in total. The molecular formula is C14H23NO. The van der Waals surface area contributed by atoms with Gasteiger partial charge in [-0.3, -0.25) is 0 Å². The molecule has 0 amide bonds. The molecule has 1 heterocycles. The van der Waals surface area contributed by atoms with Crippen molar-refractivity contribution in [3.8, 4) is 0 Å². The standard InChI is InChI=1S/C14H23NO/c1-12(14-10-7-11-16-14)15-13-8-5-3-2-4-6-9-13/h7,10-13,15H,2-6,8-9H2,1H3/t12-/m1/s1. The maximum absolute atomic E-state index is 5.43. The molecular weight excluding hydrogens is 198 g/mol. The van der Waals surface area contributed by atoms with Crippen LogP contribution in [0.15, 0.2) is 22.8 Å². The highest BCUT2D eigenvalue weighted by Gasteiger charge is 2.15. The Morgan fingerprint density at radius 2 is 1.88 bits per heavy atom. The normalized spacial score (nSPS) is 21.3. The Morgan fingerprint density at radius 1 is 1.19 bits per heavy atom. The highest BCUT2D eigenvalue weighted by molar-refractivity contribution is 5.03. The highest BCUT2D eigenvalue weighted by atomic mass is 16.3. The third-order valence-electron chi connectivity index (χ3n) is 3.56. The molecule has 1 N–H and O–H groups in total. The van der Waals surface area contributed by atoms with E-state index in [1.807, 2.05) is 6.07 Å². The van der Waals surface area contributed by atoms with Crippen LogP contribution in [0.3, 0.4) is 0 Å². The highest BCUT2D eigenvalue weighted by Crippen LogP contribution is 2.20. The van der Waals surface area contributed by atoms with Crippen molar-refractivity contribution in [1.29, 1.82) is 0 Å². The van der Waals surface area contributed by atoms with E-state index >= 15 is 0 Å². The van der Waals surface area contributed by atoms with E-state index < -0.39 is 0 Å². The fraction of sp³-hybridized carbons (Fsp3) is 0.714. The Morgan fingerprint density at radius 3 is 2.50 bits per heavy atom. The van der Waals surface area contributed by atoms with Crippen molar-refractivity contribution in [2.45, 2.75) is 64.0 Å². The van der Waals surface area contributed by atoms with Gasteiger partial charge in [0.2, 0.25) is 0 Å². The fourth-order valence-corrected chi connectivity index (χ4v) is 2.60. The van der Waals surface area contributed by atoms with Crippen LogP contribution in [0.2, 0.25) is 0 Å². The van der Waals surface area contributed by atoms with Crippen molar-refractivity contribution < 1.29 is 4.42 Å². The van der Waals surface area contributed by atoms with Gasteiger partial charge in [-0.25, -0.2) is 0 Å². The van der Waals surface area contributed by atoms with E-state index in [0.29, 0.717) is 12.1 Å². The van der Waals surface area contributed by atoms with E-state index in [1.165, 1.54) is 44.9 Å². The molecule has 1 saturated carbocycles. The average molecular weight is 221 g/mol. The minimum absolute atomic E-state index is 0.347. The van der Waals surface area contributed by atoms with Crippen molar-refractivity contribution in [2.75, 3.05) is 0 Å². The summed E-state index contributed by atoms with van der Waals surface area (Å²) in [5, 5.41) is 3.70. The monoisotopic (exact) mass is 221 g/mol. The van der Waals surface area contributed by atoms with Crippen LogP contribution >= 0.6 is 0 Å². The Bertz CT molecular complexity index is 273. The number of nitrogens with one attached hydrogen (secondary N) is 1. The average Bonchev–Trinajstić information content (AvgIpc) is 2.74. The summed E-state index contributed by atoms with van der Waals surface area (Å²) in [6.07, 6.45) is 11.4. The van der Waals surface area contributed by atoms with E-state index in [-0.39, 0.29) is 0 Å². The van der Waals surface area contributed by atoms with Gasteiger partial charge < -0.3 is 9.73 Å². The molecule has 0 saturated heterocycles. The number of hydrogen-bond acceptors (Lipinski definition) is 2. The minimum atomic E-state index is 0.347. The lowest BCUT2D eigenvalue weighted by Gasteiger charge is -2.24. The van der Waals surface area contributed by atoms with Gasteiger partial charge in [0.05, 0.1) is 12.3 Å². The van der Waals surface area contributed by atoms with E-state index in [4.69, 9.17) is 4.42 Å². The van der Waals surface area contributed by atoms with Gasteiger partial charge in [-0.2, -0.15) is 0 Å². The summed E-state index contributed by atoms with van der Waals surface area (Å²) in [6.45, 7) is 2.19. The predicted octanol–water partition coefficient (Wildman–Crippen LogP) is 4.04. The Kier molecular flexibility index (Phi) is 4.46. The van der Waals surface area contributed by atoms with Gasteiger partial charge in [-0.05, 0) is 31.9 Å². The second-order valence-electron chi connectivity index (χ2n) is 4.95. The molecule has 1 atom stereocenters. The molecule has 1 aliphatic rings. The van der Waals surface area contributed by atoms with Crippen molar-refractivity contribution in [3.05, 3.63) is 24.2 Å². The van der Waals surface area contributed by atoms with Gasteiger partial charge >= 0.3 is 0 Å². The van der Waals surface area contributed by atoms with Crippen molar-refractivity contribution >= 4 is 0 Å². The third kappa shape index (κ3) is 3.38. The van der Waals surface area contributed by atoms with Crippen LogP contribution in [0.1, 0.15) is 63.7 Å². The molecule has 2 heteroatoms. The number of hydrogen-bond donors (Lipinski definition) is 1. The summed E-state index contributed by atoms with van der Waals surface area (Å²) in [6, 6.07) is 5.05. The van der Waals surface area contributed by atoms with Gasteiger partial charge in [-0.1, -0.05) is 32.1 Å². The van der Waals surface area contributed by atoms with Crippen LogP contribution < -0.4 is 5.32 Å². The first-order valence-corrected chi connectivity index (χ1v) is 6.66. The predicted molar refractivity (Wildman–Crippen MR) is 66.4 cm³/mol. The van der Waals surface area contributed by atoms with Crippen LogP contribution in [-0.4, -0.2) is 6.04 Å². The lowest BCUT2D eigenvalue weighted by molar-refractivity contribution is 0.336. The summed E-state index contributed by atoms with van der Waals surface area (Å²) in [4.78, 5) is 0. The lowest BCUT2D eigenvalue weighted by Crippen LogP contribution is -2.31. The third-order valence-corrected chi connectivity index (χ3v) is 3.56. The second kappa shape index (κ2) is 6.09. The van der Waals surface area contributed by atoms with Gasteiger partial charge in [0, 0.05) is 6.04 Å². The second-order valence-corrected chi connectivity index (χ2v) is 4.95. The number of rotatable bonds is 3. The van der Waals surface area contributed by atoms with E-state index in [0.717, 1.165) is 5.76 Å². The van der Waals surface area contributed by atoms with Crippen LogP contribution in [0.4, 0.5) is 0 Å². The minimum Gasteiger partial charge on any atom is -0.468 e. The van der Waals surface area contributed by atoms with Gasteiger partial charge in [0.25, 0.3) is 0 Å². The van der Waals surface area contributed by atoms with E-state index in [1.54, 1.807) is 6.26 Å². The topological polar surface area (TPSA) is 25.2 Å². The SMILES string of the molecule is C[C@@H](NC1CCCCCCC1)c1ccco1. The van der Waals surface area contributed by atoms with Crippen molar-refractivity contribution in [1.82, 2.24) is 5.32 Å². The largest absolute Gasteiger partial charge is 0.468 e. The molecule has 0 aromatic carbocycles. The van der Waals surface area contributed by atoms with Crippen LogP contribution in [0, 0.1) is 0 Å². The van der Waals surface area contributed by atoms with Crippen molar-refractivity contribution in [3.63, 3.8) is 0 Å². The van der Waals surface area contributed by atoms with Crippen LogP contribution in [-0.2, 0) is 0 Å². The van der Waals surface area contributed by atoms with E-state index in [9.17, 15) is 0 Å². The molecule has 1 aromatic rings. The molecule has 16 heavy (non-hydrogen) atoms. The molecule has 1 aliphatic carbocycles. The Labute approximate surface area is 98.4 Å². The number of furan rings is 1. The fourth-order valence-electron chi connectivity index (χ4n) is 2.60. The summed E-state index contributed by atoms with van der Waals surface area (Å²) in [5.74, 6) is 1.06. The molecule has 0 bridgehead atoms. The first kappa shape index (κ1) is 11.7. The van der Waals surface area contributed by atoms with Gasteiger partial charge in [-0.15, -0.1) is 0 Å². The van der Waals surface area contributed by atoms with Gasteiger partial charge in [0.1, 0.15) is 5.76 Å². The molecule has 0 unspecified atom stereocenters. The smallest absolute Gasteiger partial charge is 0.120 e. The Balaban J connectivity index is 1.82. The maximum atomic E-state index is 5.43. The zero-order valence-electron chi connectivity index (χ0n) is 10.2. The maximum Gasteiger partial charge on any atom is 0.120 e. The van der Waals surface area contributed by atoms with E-state index in [2.05, 4.69) is 18.3 Å². The molecule has 1 aromatic heterocycles. The quantitative estimate of drug-likeness (QED) is 0.833. The van der Waals surface area contributed by atoms with Crippen LogP contribution in [0.25, 0.3) is 0 Å². The first-order valence-electron chi connectivity index (χ1n) is 6.66. The molecule has 90 valence electrons. The Hall–Kier alpha value is -0.760. The molecule has 1 fully saturated rings. The molecule has 2 rings (SSSR count). The molecule has 0 radical (unpaired) electrons. The lowest BCUT2D eigenvalue weighted by atomic mass is 9.96. The van der Waals surface area contributed by atoms with Crippen molar-refractivity contribution in [2.24, 2.45) is 0 Å². The van der Waals surface area contributed by atoms with Crippen LogP contribution in [0.5, 0.6) is 0 Å². The summed E-state index contributed by atoms with van der Waals surface area (Å²) >= 11 is 0. The summed E-state index contributed by atoms with van der Waals surface area (Å²) in [7, 11) is 0. The summed E-state index contributed by atoms with van der Waals surface area (Å²) < 4.78 is 5.43. The van der Waals surface area contributed by atoms with Gasteiger partial charge in [0.15, 0.2) is 0 Å². The first-order chi connectivity index (χ1) is 7.86.